The van der Waals surface area contributed by atoms with Crippen LogP contribution in [0.4, 0.5) is 5.69 Å². The van der Waals surface area contributed by atoms with Crippen molar-refractivity contribution < 1.29 is 19.0 Å². The molecule has 2 aromatic rings. The number of methoxy groups -OCH3 is 2. The molecule has 0 saturated carbocycles. The minimum atomic E-state index is -0.245. The Morgan fingerprint density at radius 2 is 1.68 bits per heavy atom. The number of carbonyl (C=O) groups excluding carboxylic acids is 1. The van der Waals surface area contributed by atoms with Gasteiger partial charge in [0.15, 0.2) is 0 Å². The molecule has 1 N–H and O–H groups in total. The number of benzene rings is 2. The zero-order valence-corrected chi connectivity index (χ0v) is 14.9. The van der Waals surface area contributed by atoms with E-state index in [9.17, 15) is 4.79 Å². The molecule has 0 aromatic heterocycles. The fourth-order valence-corrected chi connectivity index (χ4v) is 2.20. The van der Waals surface area contributed by atoms with Gasteiger partial charge in [0.05, 0.1) is 20.3 Å². The average Bonchev–Trinajstić information content (AvgIpc) is 2.59. The molecule has 0 heterocycles. The summed E-state index contributed by atoms with van der Waals surface area (Å²) in [4.78, 5) is 12.1. The lowest BCUT2D eigenvalue weighted by Crippen LogP contribution is -2.08. The summed E-state index contributed by atoms with van der Waals surface area (Å²) in [6.07, 6.45) is 3.31. The third kappa shape index (κ3) is 5.88. The number of anilines is 1. The van der Waals surface area contributed by atoms with Gasteiger partial charge >= 0.3 is 0 Å². The van der Waals surface area contributed by atoms with Gasteiger partial charge in [-0.25, -0.2) is 0 Å². The highest BCUT2D eigenvalue weighted by Crippen LogP contribution is 2.25. The molecule has 0 fully saturated rings. The Balaban J connectivity index is 2.06. The summed E-state index contributed by atoms with van der Waals surface area (Å²) in [5.41, 5.74) is 1.49. The second kappa shape index (κ2) is 8.78. The van der Waals surface area contributed by atoms with Crippen molar-refractivity contribution in [2.75, 3.05) is 19.5 Å². The highest BCUT2D eigenvalue weighted by atomic mass is 16.5. The fourth-order valence-electron chi connectivity index (χ4n) is 2.20. The predicted molar refractivity (Wildman–Crippen MR) is 99.4 cm³/mol. The van der Waals surface area contributed by atoms with Gasteiger partial charge in [0.2, 0.25) is 5.91 Å². The number of ether oxygens (including phenoxy) is 3. The maximum absolute atomic E-state index is 12.1. The largest absolute Gasteiger partial charge is 0.497 e. The smallest absolute Gasteiger partial charge is 0.248 e. The first-order valence-corrected chi connectivity index (χ1v) is 7.99. The van der Waals surface area contributed by atoms with E-state index in [0.29, 0.717) is 17.2 Å². The number of hydrogen-bond donors (Lipinski definition) is 1. The van der Waals surface area contributed by atoms with Crippen LogP contribution >= 0.6 is 0 Å². The zero-order chi connectivity index (χ0) is 18.2. The van der Waals surface area contributed by atoms with Crippen LogP contribution in [-0.2, 0) is 4.79 Å². The van der Waals surface area contributed by atoms with Gasteiger partial charge in [0, 0.05) is 30.0 Å². The topological polar surface area (TPSA) is 56.8 Å². The summed E-state index contributed by atoms with van der Waals surface area (Å²) in [5, 5.41) is 2.79. The molecule has 2 rings (SSSR count). The van der Waals surface area contributed by atoms with Crippen molar-refractivity contribution in [3.8, 4) is 17.2 Å². The molecule has 5 nitrogen and oxygen atoms in total. The lowest BCUT2D eigenvalue weighted by Gasteiger charge is -2.10. The summed E-state index contributed by atoms with van der Waals surface area (Å²) in [5.74, 6) is 1.75. The molecule has 0 radical (unpaired) electrons. The summed E-state index contributed by atoms with van der Waals surface area (Å²) >= 11 is 0. The molecule has 0 aliphatic heterocycles. The zero-order valence-electron chi connectivity index (χ0n) is 14.9. The predicted octanol–water partition coefficient (Wildman–Crippen LogP) is 4.14. The van der Waals surface area contributed by atoms with Gasteiger partial charge in [0.25, 0.3) is 0 Å². The van der Waals surface area contributed by atoms with E-state index in [1.807, 2.05) is 38.1 Å². The number of carbonyl (C=O) groups is 1. The Morgan fingerprint density at radius 1 is 1.00 bits per heavy atom. The highest BCUT2D eigenvalue weighted by molar-refractivity contribution is 6.02. The van der Waals surface area contributed by atoms with Crippen LogP contribution in [0.25, 0.3) is 6.08 Å². The molecular weight excluding hydrogens is 318 g/mol. The van der Waals surface area contributed by atoms with Crippen molar-refractivity contribution in [1.82, 2.24) is 0 Å². The van der Waals surface area contributed by atoms with E-state index in [1.165, 1.54) is 6.08 Å². The van der Waals surface area contributed by atoms with Crippen LogP contribution in [0.2, 0.25) is 0 Å². The maximum atomic E-state index is 12.1. The van der Waals surface area contributed by atoms with Crippen LogP contribution in [0.1, 0.15) is 19.4 Å². The number of amides is 1. The van der Waals surface area contributed by atoms with Gasteiger partial charge in [0.1, 0.15) is 17.2 Å². The quantitative estimate of drug-likeness (QED) is 0.769. The summed E-state index contributed by atoms with van der Waals surface area (Å²) in [6, 6.07) is 12.8. The second-order valence-electron chi connectivity index (χ2n) is 5.66. The Hall–Kier alpha value is -2.95. The molecule has 132 valence electrons. The second-order valence-corrected chi connectivity index (χ2v) is 5.66. The summed E-state index contributed by atoms with van der Waals surface area (Å²) < 4.78 is 16.0. The molecule has 0 aliphatic rings. The van der Waals surface area contributed by atoms with Gasteiger partial charge < -0.3 is 19.5 Å². The standard InChI is InChI=1S/C20H23NO4/c1-14(2)25-17-7-5-6-15(10-17)8-9-20(22)21-16-11-18(23-3)13-19(12-16)24-4/h5-14H,1-4H3,(H,21,22)/b9-8+. The van der Waals surface area contributed by atoms with E-state index in [-0.39, 0.29) is 12.0 Å². The Kier molecular flexibility index (Phi) is 6.46. The SMILES string of the molecule is COc1cc(NC(=O)/C=C/c2cccc(OC(C)C)c2)cc(OC)c1. The highest BCUT2D eigenvalue weighted by Gasteiger charge is 2.04. The van der Waals surface area contributed by atoms with Gasteiger partial charge in [-0.05, 0) is 37.6 Å². The minimum absolute atomic E-state index is 0.102. The number of rotatable bonds is 7. The molecule has 25 heavy (non-hydrogen) atoms. The van der Waals surface area contributed by atoms with Crippen molar-refractivity contribution in [1.29, 1.82) is 0 Å². The van der Waals surface area contributed by atoms with Crippen molar-refractivity contribution in [2.45, 2.75) is 20.0 Å². The Bertz CT molecular complexity index is 731. The van der Waals surface area contributed by atoms with E-state index in [0.717, 1.165) is 11.3 Å². The van der Waals surface area contributed by atoms with Crippen LogP contribution in [0, 0.1) is 0 Å². The van der Waals surface area contributed by atoms with Crippen molar-refractivity contribution in [3.63, 3.8) is 0 Å². The van der Waals surface area contributed by atoms with Gasteiger partial charge in [-0.3, -0.25) is 4.79 Å². The van der Waals surface area contributed by atoms with Gasteiger partial charge in [-0.15, -0.1) is 0 Å². The molecule has 0 spiro atoms. The summed E-state index contributed by atoms with van der Waals surface area (Å²) in [7, 11) is 3.12. The van der Waals surface area contributed by atoms with Crippen LogP contribution in [-0.4, -0.2) is 26.2 Å². The van der Waals surface area contributed by atoms with E-state index < -0.39 is 0 Å². The van der Waals surface area contributed by atoms with Crippen LogP contribution in [0.15, 0.2) is 48.5 Å². The molecule has 1 amide bonds. The first-order chi connectivity index (χ1) is 12.0. The third-order valence-electron chi connectivity index (χ3n) is 3.28. The Morgan fingerprint density at radius 3 is 2.28 bits per heavy atom. The first kappa shape index (κ1) is 18.4. The number of hydrogen-bond acceptors (Lipinski definition) is 4. The molecule has 0 saturated heterocycles. The van der Waals surface area contributed by atoms with Crippen LogP contribution < -0.4 is 19.5 Å². The number of nitrogens with one attached hydrogen (secondary N) is 1. The lowest BCUT2D eigenvalue weighted by atomic mass is 10.2. The lowest BCUT2D eigenvalue weighted by molar-refractivity contribution is -0.111. The summed E-state index contributed by atoms with van der Waals surface area (Å²) in [6.45, 7) is 3.94. The molecule has 0 aliphatic carbocycles. The normalized spacial score (nSPS) is 10.8. The molecule has 5 heteroatoms. The maximum Gasteiger partial charge on any atom is 0.248 e. The molecule has 2 aromatic carbocycles. The monoisotopic (exact) mass is 341 g/mol. The molecule has 0 bridgehead atoms. The molecule has 0 atom stereocenters. The van der Waals surface area contributed by atoms with Crippen LogP contribution in [0.5, 0.6) is 17.2 Å². The van der Waals surface area contributed by atoms with Crippen LogP contribution in [0.3, 0.4) is 0 Å². The Labute approximate surface area is 148 Å². The molecular formula is C20H23NO4. The minimum Gasteiger partial charge on any atom is -0.497 e. The van der Waals surface area contributed by atoms with Crippen molar-refractivity contribution >= 4 is 17.7 Å². The van der Waals surface area contributed by atoms with E-state index in [2.05, 4.69) is 5.32 Å². The van der Waals surface area contributed by atoms with Crippen molar-refractivity contribution in [3.05, 3.63) is 54.1 Å². The van der Waals surface area contributed by atoms with E-state index in [4.69, 9.17) is 14.2 Å². The first-order valence-electron chi connectivity index (χ1n) is 7.99. The van der Waals surface area contributed by atoms with Crippen molar-refractivity contribution in [2.24, 2.45) is 0 Å². The third-order valence-corrected chi connectivity index (χ3v) is 3.28. The average molecular weight is 341 g/mol. The van der Waals surface area contributed by atoms with E-state index >= 15 is 0 Å². The van der Waals surface area contributed by atoms with E-state index in [1.54, 1.807) is 38.5 Å². The fraction of sp³-hybridized carbons (Fsp3) is 0.250. The van der Waals surface area contributed by atoms with Gasteiger partial charge in [-0.2, -0.15) is 0 Å². The van der Waals surface area contributed by atoms with Gasteiger partial charge in [-0.1, -0.05) is 12.1 Å². The molecule has 0 unspecified atom stereocenters.